The molecule has 0 saturated carbocycles. The molecule has 1 aromatic rings. The summed E-state index contributed by atoms with van der Waals surface area (Å²) in [7, 11) is 4.94. The second-order valence-corrected chi connectivity index (χ2v) is 5.22. The maximum absolute atomic E-state index is 5.39. The molecule has 0 aromatic heterocycles. The van der Waals surface area contributed by atoms with Crippen molar-refractivity contribution in [3.8, 4) is 17.2 Å². The van der Waals surface area contributed by atoms with E-state index in [0.29, 0.717) is 11.8 Å². The number of methoxy groups -OCH3 is 3. The Morgan fingerprint density at radius 2 is 1.75 bits per heavy atom. The molecule has 1 heterocycles. The van der Waals surface area contributed by atoms with Crippen LogP contribution in [0.2, 0.25) is 0 Å². The first-order chi connectivity index (χ1) is 9.78. The lowest BCUT2D eigenvalue weighted by molar-refractivity contribution is 0.323. The lowest BCUT2D eigenvalue weighted by atomic mass is 9.97. The van der Waals surface area contributed by atoms with E-state index >= 15 is 0 Å². The molecule has 0 radical (unpaired) electrons. The molecule has 0 aliphatic carbocycles. The first-order valence-electron chi connectivity index (χ1n) is 7.30. The zero-order chi connectivity index (χ0) is 14.4. The first kappa shape index (κ1) is 15.0. The fourth-order valence-electron chi connectivity index (χ4n) is 2.79. The smallest absolute Gasteiger partial charge is 0.203 e. The highest BCUT2D eigenvalue weighted by molar-refractivity contribution is 5.53. The standard InChI is InChI=1S/C16H25NO3/c1-18-14-10-12(11-15(19-2)16(14)20-3)7-8-13-6-4-5-9-17-13/h10-11,13,17H,4-9H2,1-3H3. The molecule has 4 nitrogen and oxygen atoms in total. The predicted octanol–water partition coefficient (Wildman–Crippen LogP) is 2.79. The summed E-state index contributed by atoms with van der Waals surface area (Å²) in [5.74, 6) is 2.13. The third-order valence-electron chi connectivity index (χ3n) is 3.92. The van der Waals surface area contributed by atoms with E-state index in [2.05, 4.69) is 5.32 Å². The number of piperidine rings is 1. The molecule has 0 bridgehead atoms. The third kappa shape index (κ3) is 3.57. The van der Waals surface area contributed by atoms with E-state index in [9.17, 15) is 0 Å². The number of rotatable bonds is 6. The lowest BCUT2D eigenvalue weighted by Crippen LogP contribution is -2.34. The van der Waals surface area contributed by atoms with Crippen LogP contribution in [0.25, 0.3) is 0 Å². The number of nitrogens with one attached hydrogen (secondary N) is 1. The molecule has 1 saturated heterocycles. The minimum absolute atomic E-state index is 0.642. The van der Waals surface area contributed by atoms with Crippen LogP contribution in [0.4, 0.5) is 0 Å². The average molecular weight is 279 g/mol. The van der Waals surface area contributed by atoms with E-state index in [-0.39, 0.29) is 0 Å². The zero-order valence-corrected chi connectivity index (χ0v) is 12.7. The molecule has 2 rings (SSSR count). The molecule has 20 heavy (non-hydrogen) atoms. The molecule has 1 fully saturated rings. The van der Waals surface area contributed by atoms with Crippen LogP contribution in [-0.4, -0.2) is 33.9 Å². The van der Waals surface area contributed by atoms with E-state index in [1.165, 1.54) is 24.8 Å². The van der Waals surface area contributed by atoms with Crippen molar-refractivity contribution >= 4 is 0 Å². The Kier molecular flexibility index (Phi) is 5.53. The maximum Gasteiger partial charge on any atom is 0.203 e. The Bertz CT molecular complexity index is 403. The molecule has 1 aromatic carbocycles. The van der Waals surface area contributed by atoms with E-state index in [1.807, 2.05) is 12.1 Å². The molecule has 0 spiro atoms. The van der Waals surface area contributed by atoms with Gasteiger partial charge >= 0.3 is 0 Å². The zero-order valence-electron chi connectivity index (χ0n) is 12.7. The Morgan fingerprint density at radius 3 is 2.25 bits per heavy atom. The fourth-order valence-corrected chi connectivity index (χ4v) is 2.79. The monoisotopic (exact) mass is 279 g/mol. The van der Waals surface area contributed by atoms with Crippen molar-refractivity contribution in [2.75, 3.05) is 27.9 Å². The Labute approximate surface area is 121 Å². The Morgan fingerprint density at radius 1 is 1.05 bits per heavy atom. The molecule has 4 heteroatoms. The van der Waals surface area contributed by atoms with Crippen LogP contribution in [0.5, 0.6) is 17.2 Å². The topological polar surface area (TPSA) is 39.7 Å². The van der Waals surface area contributed by atoms with Crippen molar-refractivity contribution in [3.05, 3.63) is 17.7 Å². The van der Waals surface area contributed by atoms with Gasteiger partial charge in [0.05, 0.1) is 21.3 Å². The minimum atomic E-state index is 0.642. The lowest BCUT2D eigenvalue weighted by Gasteiger charge is -2.23. The van der Waals surface area contributed by atoms with E-state index in [0.717, 1.165) is 30.9 Å². The average Bonchev–Trinajstić information content (AvgIpc) is 2.52. The number of hydrogen-bond acceptors (Lipinski definition) is 4. The number of benzene rings is 1. The van der Waals surface area contributed by atoms with Crippen LogP contribution in [0, 0.1) is 0 Å². The van der Waals surface area contributed by atoms with Crippen LogP contribution in [0.1, 0.15) is 31.2 Å². The quantitative estimate of drug-likeness (QED) is 0.869. The van der Waals surface area contributed by atoms with Crippen LogP contribution >= 0.6 is 0 Å². The molecule has 1 unspecified atom stereocenters. The molecular weight excluding hydrogens is 254 g/mol. The summed E-state index contributed by atoms with van der Waals surface area (Å²) in [5.41, 5.74) is 1.23. The predicted molar refractivity (Wildman–Crippen MR) is 80.1 cm³/mol. The van der Waals surface area contributed by atoms with Crippen LogP contribution in [0.15, 0.2) is 12.1 Å². The summed E-state index contributed by atoms with van der Waals surface area (Å²) in [6.45, 7) is 1.15. The van der Waals surface area contributed by atoms with E-state index < -0.39 is 0 Å². The van der Waals surface area contributed by atoms with Crippen molar-refractivity contribution in [3.63, 3.8) is 0 Å². The van der Waals surface area contributed by atoms with Gasteiger partial charge in [-0.2, -0.15) is 0 Å². The SMILES string of the molecule is COc1cc(CCC2CCCCN2)cc(OC)c1OC. The van der Waals surface area contributed by atoms with Gasteiger partial charge in [0.1, 0.15) is 0 Å². The van der Waals surface area contributed by atoms with Crippen LogP contribution < -0.4 is 19.5 Å². The summed E-state index contributed by atoms with van der Waals surface area (Å²) < 4.78 is 16.1. The second kappa shape index (κ2) is 7.39. The summed E-state index contributed by atoms with van der Waals surface area (Å²) in [5, 5.41) is 3.58. The molecule has 112 valence electrons. The van der Waals surface area contributed by atoms with Gasteiger partial charge in [-0.25, -0.2) is 0 Å². The van der Waals surface area contributed by atoms with Gasteiger partial charge in [-0.15, -0.1) is 0 Å². The Balaban J connectivity index is 2.06. The highest BCUT2D eigenvalue weighted by Gasteiger charge is 2.15. The normalized spacial score (nSPS) is 18.6. The van der Waals surface area contributed by atoms with E-state index in [4.69, 9.17) is 14.2 Å². The van der Waals surface area contributed by atoms with Crippen LogP contribution in [0.3, 0.4) is 0 Å². The molecule has 1 N–H and O–H groups in total. The largest absolute Gasteiger partial charge is 0.493 e. The van der Waals surface area contributed by atoms with Crippen molar-refractivity contribution in [1.29, 1.82) is 0 Å². The summed E-state index contributed by atoms with van der Waals surface area (Å²) >= 11 is 0. The van der Waals surface area contributed by atoms with Gasteiger partial charge < -0.3 is 19.5 Å². The van der Waals surface area contributed by atoms with E-state index in [1.54, 1.807) is 21.3 Å². The Hall–Kier alpha value is -1.42. The molecule has 0 amide bonds. The minimum Gasteiger partial charge on any atom is -0.493 e. The maximum atomic E-state index is 5.39. The van der Waals surface area contributed by atoms with Gasteiger partial charge in [0.15, 0.2) is 11.5 Å². The molecule has 1 aliphatic rings. The summed E-state index contributed by atoms with van der Waals surface area (Å²) in [6.07, 6.45) is 6.10. The summed E-state index contributed by atoms with van der Waals surface area (Å²) in [6, 6.07) is 4.73. The van der Waals surface area contributed by atoms with Gasteiger partial charge in [-0.05, 0) is 49.9 Å². The molecular formula is C16H25NO3. The third-order valence-corrected chi connectivity index (χ3v) is 3.92. The second-order valence-electron chi connectivity index (χ2n) is 5.22. The summed E-state index contributed by atoms with van der Waals surface area (Å²) in [4.78, 5) is 0. The van der Waals surface area contributed by atoms with Gasteiger partial charge in [-0.1, -0.05) is 6.42 Å². The number of aryl methyl sites for hydroxylation is 1. The highest BCUT2D eigenvalue weighted by Crippen LogP contribution is 2.38. The van der Waals surface area contributed by atoms with Crippen molar-refractivity contribution in [1.82, 2.24) is 5.32 Å². The molecule has 1 aliphatic heterocycles. The molecule has 1 atom stereocenters. The van der Waals surface area contributed by atoms with Gasteiger partial charge in [-0.3, -0.25) is 0 Å². The van der Waals surface area contributed by atoms with Crippen molar-refractivity contribution in [2.45, 2.75) is 38.1 Å². The van der Waals surface area contributed by atoms with Gasteiger partial charge in [0, 0.05) is 6.04 Å². The van der Waals surface area contributed by atoms with Crippen LogP contribution in [-0.2, 0) is 6.42 Å². The van der Waals surface area contributed by atoms with Gasteiger partial charge in [0.2, 0.25) is 5.75 Å². The van der Waals surface area contributed by atoms with Gasteiger partial charge in [0.25, 0.3) is 0 Å². The highest BCUT2D eigenvalue weighted by atomic mass is 16.5. The first-order valence-corrected chi connectivity index (χ1v) is 7.30. The number of ether oxygens (including phenoxy) is 3. The fraction of sp³-hybridized carbons (Fsp3) is 0.625. The van der Waals surface area contributed by atoms with Crippen molar-refractivity contribution < 1.29 is 14.2 Å². The van der Waals surface area contributed by atoms with Crippen molar-refractivity contribution in [2.24, 2.45) is 0 Å². The number of hydrogen-bond donors (Lipinski definition) is 1.